The van der Waals surface area contributed by atoms with E-state index >= 15 is 0 Å². The van der Waals surface area contributed by atoms with Crippen LogP contribution in [0.2, 0.25) is 0 Å². The lowest BCUT2D eigenvalue weighted by atomic mass is 9.68. The third kappa shape index (κ3) is 4.67. The van der Waals surface area contributed by atoms with E-state index in [0.717, 1.165) is 60.3 Å². The number of aryl methyl sites for hydroxylation is 1. The van der Waals surface area contributed by atoms with E-state index in [1.54, 1.807) is 5.57 Å². The molecule has 0 amide bonds. The summed E-state index contributed by atoms with van der Waals surface area (Å²) >= 11 is 0. The van der Waals surface area contributed by atoms with Crippen molar-refractivity contribution >= 4 is 11.0 Å². The summed E-state index contributed by atoms with van der Waals surface area (Å²) in [7, 11) is 0. The molecule has 0 spiro atoms. The van der Waals surface area contributed by atoms with Crippen molar-refractivity contribution in [1.29, 1.82) is 0 Å². The van der Waals surface area contributed by atoms with Gasteiger partial charge in [-0.1, -0.05) is 44.3 Å². The lowest BCUT2D eigenvalue weighted by Crippen LogP contribution is -2.59. The molecule has 4 aliphatic rings. The molecule has 1 aliphatic carbocycles. The molecule has 3 aliphatic heterocycles. The predicted octanol–water partition coefficient (Wildman–Crippen LogP) is 6.32. The van der Waals surface area contributed by atoms with Gasteiger partial charge in [0.2, 0.25) is 0 Å². The van der Waals surface area contributed by atoms with E-state index in [4.69, 9.17) is 4.42 Å². The van der Waals surface area contributed by atoms with Crippen LogP contribution in [-0.4, -0.2) is 46.6 Å². The number of aromatic hydroxyl groups is 1. The molecular weight excluding hydrogens is 460 g/mol. The van der Waals surface area contributed by atoms with Gasteiger partial charge in [-0.05, 0) is 94.5 Å². The Morgan fingerprint density at radius 2 is 1.97 bits per heavy atom. The van der Waals surface area contributed by atoms with Crippen molar-refractivity contribution in [3.63, 3.8) is 0 Å². The zero-order valence-electron chi connectivity index (χ0n) is 22.8. The van der Waals surface area contributed by atoms with Crippen LogP contribution in [0, 0.1) is 18.8 Å². The second kappa shape index (κ2) is 10.6. The number of unbranched alkanes of at least 4 members (excludes halogenated alkanes) is 3. The van der Waals surface area contributed by atoms with Crippen molar-refractivity contribution in [3.05, 3.63) is 50.9 Å². The van der Waals surface area contributed by atoms with Crippen LogP contribution >= 0.6 is 0 Å². The molecule has 3 fully saturated rings. The minimum Gasteiger partial charge on any atom is -0.507 e. The van der Waals surface area contributed by atoms with Crippen LogP contribution in [0.4, 0.5) is 0 Å². The number of likely N-dealkylation sites (tertiary alicyclic amines) is 1. The van der Waals surface area contributed by atoms with Crippen LogP contribution in [0.1, 0.15) is 87.8 Å². The Bertz CT molecular complexity index is 1230. The fourth-order valence-electron chi connectivity index (χ4n) is 8.13. The Hall–Kier alpha value is -2.11. The molecule has 37 heavy (non-hydrogen) atoms. The van der Waals surface area contributed by atoms with Crippen molar-refractivity contribution in [2.45, 2.75) is 103 Å². The second-order valence-electron chi connectivity index (χ2n) is 12.2. The smallest absolute Gasteiger partial charge is 0.339 e. The first-order chi connectivity index (χ1) is 18.0. The van der Waals surface area contributed by atoms with E-state index in [9.17, 15) is 9.90 Å². The Kier molecular flexibility index (Phi) is 7.19. The summed E-state index contributed by atoms with van der Waals surface area (Å²) in [5.41, 5.74) is 4.60. The van der Waals surface area contributed by atoms with Crippen molar-refractivity contribution in [2.75, 3.05) is 19.6 Å². The lowest BCUT2D eigenvalue weighted by molar-refractivity contribution is -0.00274. The third-order valence-corrected chi connectivity index (χ3v) is 9.94. The first-order valence-corrected chi connectivity index (χ1v) is 15.0. The van der Waals surface area contributed by atoms with Gasteiger partial charge in [-0.15, -0.1) is 0 Å². The summed E-state index contributed by atoms with van der Waals surface area (Å²) in [6, 6.07) is 4.94. The normalized spacial score (nSPS) is 28.1. The molecule has 0 radical (unpaired) electrons. The van der Waals surface area contributed by atoms with Crippen LogP contribution < -0.4 is 5.63 Å². The van der Waals surface area contributed by atoms with E-state index in [1.165, 1.54) is 58.0 Å². The second-order valence-corrected chi connectivity index (χ2v) is 12.2. The fourth-order valence-corrected chi connectivity index (χ4v) is 8.13. The van der Waals surface area contributed by atoms with E-state index in [2.05, 4.69) is 29.7 Å². The maximum atomic E-state index is 13.1. The van der Waals surface area contributed by atoms with Gasteiger partial charge in [0.25, 0.3) is 0 Å². The van der Waals surface area contributed by atoms with Crippen LogP contribution in [0.5, 0.6) is 5.75 Å². The number of fused-ring (bicyclic) bond motifs is 7. The van der Waals surface area contributed by atoms with Gasteiger partial charge in [0.15, 0.2) is 0 Å². The molecule has 5 nitrogen and oxygen atoms in total. The number of rotatable bonds is 7. The molecule has 3 saturated heterocycles. The number of phenolic OH excluding ortho intramolecular Hbond substituents is 1. The Morgan fingerprint density at radius 1 is 1.08 bits per heavy atom. The molecule has 4 atom stereocenters. The fraction of sp³-hybridized carbons (Fsp3) is 0.656. The summed E-state index contributed by atoms with van der Waals surface area (Å²) in [6.07, 6.45) is 15.7. The minimum atomic E-state index is -0.225. The van der Waals surface area contributed by atoms with Gasteiger partial charge in [0.1, 0.15) is 11.3 Å². The molecule has 0 saturated carbocycles. The molecule has 1 N–H and O–H groups in total. The summed E-state index contributed by atoms with van der Waals surface area (Å²) in [5.74, 6) is 1.61. The number of phenols is 1. The molecule has 4 heterocycles. The van der Waals surface area contributed by atoms with E-state index < -0.39 is 0 Å². The maximum Gasteiger partial charge on any atom is 0.339 e. The van der Waals surface area contributed by atoms with Crippen LogP contribution in [0.3, 0.4) is 0 Å². The molecule has 6 rings (SSSR count). The first kappa shape index (κ1) is 25.2. The summed E-state index contributed by atoms with van der Waals surface area (Å²) in [5, 5.41) is 12.0. The highest BCUT2D eigenvalue weighted by Gasteiger charge is 2.46. The summed E-state index contributed by atoms with van der Waals surface area (Å²) in [4.78, 5) is 18.5. The number of benzene rings is 1. The molecule has 2 aromatic rings. The van der Waals surface area contributed by atoms with Crippen molar-refractivity contribution in [1.82, 2.24) is 9.80 Å². The van der Waals surface area contributed by atoms with E-state index in [-0.39, 0.29) is 11.4 Å². The van der Waals surface area contributed by atoms with Gasteiger partial charge in [-0.25, -0.2) is 4.79 Å². The van der Waals surface area contributed by atoms with Crippen LogP contribution in [-0.2, 0) is 13.0 Å². The standard InChI is InChI=1S/C32H44N2O3/c1-3-4-5-6-11-26-21(2)25-13-14-29(35)27(31(25)37-32(26)36)20-34-16-9-10-22-17-23-18-24(30(22)34)19-33-15-8-7-12-28(23)33/h13-14,17,23-24,28,30,35H,3-12,15-16,18-20H2,1-2H3/t23?,24?,28-,30-/m1/s1. The topological polar surface area (TPSA) is 56.9 Å². The highest BCUT2D eigenvalue weighted by molar-refractivity contribution is 5.85. The van der Waals surface area contributed by atoms with Gasteiger partial charge in [0.05, 0.1) is 5.56 Å². The van der Waals surface area contributed by atoms with Gasteiger partial charge in [-0.2, -0.15) is 0 Å². The average Bonchev–Trinajstić information content (AvgIpc) is 2.90. The Morgan fingerprint density at radius 3 is 2.84 bits per heavy atom. The number of nitrogens with zero attached hydrogens (tertiary/aromatic N) is 2. The largest absolute Gasteiger partial charge is 0.507 e. The first-order valence-electron chi connectivity index (χ1n) is 15.0. The van der Waals surface area contributed by atoms with Crippen LogP contribution in [0.25, 0.3) is 11.0 Å². The van der Waals surface area contributed by atoms with E-state index in [1.807, 2.05) is 12.1 Å². The van der Waals surface area contributed by atoms with E-state index in [0.29, 0.717) is 30.0 Å². The summed E-state index contributed by atoms with van der Waals surface area (Å²) < 4.78 is 6.01. The third-order valence-electron chi connectivity index (χ3n) is 9.94. The molecule has 5 heteroatoms. The molecule has 2 unspecified atom stereocenters. The van der Waals surface area contributed by atoms with Crippen molar-refractivity contribution in [3.8, 4) is 5.75 Å². The number of hydrogen-bond acceptors (Lipinski definition) is 5. The number of piperidine rings is 3. The predicted molar refractivity (Wildman–Crippen MR) is 149 cm³/mol. The summed E-state index contributed by atoms with van der Waals surface area (Å²) in [6.45, 7) is 8.37. The molecule has 1 aromatic heterocycles. The zero-order valence-corrected chi connectivity index (χ0v) is 22.8. The highest BCUT2D eigenvalue weighted by Crippen LogP contribution is 2.46. The van der Waals surface area contributed by atoms with Crippen molar-refractivity contribution < 1.29 is 9.52 Å². The quantitative estimate of drug-likeness (QED) is 0.271. The monoisotopic (exact) mass is 504 g/mol. The Balaban J connectivity index is 1.30. The molecule has 1 aromatic carbocycles. The highest BCUT2D eigenvalue weighted by atomic mass is 16.4. The SMILES string of the molecule is CCCCCCc1c(C)c2ccc(O)c(CN3CCCC4=CC5CC(CN6CCCC[C@H]56)[C@@H]43)c2oc1=O. The Labute approximate surface area is 221 Å². The van der Waals surface area contributed by atoms with Gasteiger partial charge in [-0.3, -0.25) is 9.80 Å². The minimum absolute atomic E-state index is 0.225. The average molecular weight is 505 g/mol. The molecule has 2 bridgehead atoms. The van der Waals surface area contributed by atoms with Gasteiger partial charge < -0.3 is 9.52 Å². The lowest BCUT2D eigenvalue weighted by Gasteiger charge is -2.54. The van der Waals surface area contributed by atoms with Crippen LogP contribution in [0.15, 0.2) is 33.0 Å². The molecular formula is C32H44N2O3. The maximum absolute atomic E-state index is 13.1. The number of hydrogen-bond donors (Lipinski definition) is 1. The van der Waals surface area contributed by atoms with Gasteiger partial charge in [0, 0.05) is 36.1 Å². The molecule has 200 valence electrons. The zero-order chi connectivity index (χ0) is 25.5. The van der Waals surface area contributed by atoms with Crippen molar-refractivity contribution in [2.24, 2.45) is 11.8 Å². The van der Waals surface area contributed by atoms with Gasteiger partial charge >= 0.3 is 5.63 Å².